The third kappa shape index (κ3) is 8.20. The summed E-state index contributed by atoms with van der Waals surface area (Å²) in [5.74, 6) is 4.33. The lowest BCUT2D eigenvalue weighted by atomic mass is 9.95. The van der Waals surface area contributed by atoms with E-state index < -0.39 is 11.9 Å². The zero-order chi connectivity index (χ0) is 25.0. The number of hydrogen-bond acceptors (Lipinski definition) is 4. The Labute approximate surface area is 203 Å². The zero-order valence-electron chi connectivity index (χ0n) is 20.1. The second-order valence-electron chi connectivity index (χ2n) is 9.78. The van der Waals surface area contributed by atoms with Gasteiger partial charge in [-0.15, -0.1) is 22.7 Å². The number of benzene rings is 1. The van der Waals surface area contributed by atoms with Gasteiger partial charge in [0.2, 0.25) is 0 Å². The van der Waals surface area contributed by atoms with Crippen molar-refractivity contribution >= 4 is 34.6 Å². The van der Waals surface area contributed by atoms with Gasteiger partial charge in [-0.05, 0) is 81.1 Å². The van der Waals surface area contributed by atoms with E-state index in [1.165, 1.54) is 16.2 Å². The third-order valence-electron chi connectivity index (χ3n) is 4.31. The fraction of sp³-hybridized carbons (Fsp3) is 0.333. The van der Waals surface area contributed by atoms with Crippen molar-refractivity contribution in [2.24, 2.45) is 5.41 Å². The number of aryl methyl sites for hydroxylation is 1. The normalized spacial score (nSPS) is 11.1. The molecule has 0 unspecified atom stereocenters. The van der Waals surface area contributed by atoms with E-state index in [0.717, 1.165) is 20.9 Å². The highest BCUT2D eigenvalue weighted by Crippen LogP contribution is 2.37. The quantitative estimate of drug-likeness (QED) is 0.378. The van der Waals surface area contributed by atoms with Crippen molar-refractivity contribution in [1.29, 1.82) is 0 Å². The lowest BCUT2D eigenvalue weighted by Gasteiger charge is -2.15. The lowest BCUT2D eigenvalue weighted by Crippen LogP contribution is -2.07. The summed E-state index contributed by atoms with van der Waals surface area (Å²) in [5.41, 5.74) is 2.03. The molecule has 2 heterocycles. The van der Waals surface area contributed by atoms with Crippen LogP contribution in [0.15, 0.2) is 42.5 Å². The van der Waals surface area contributed by atoms with Crippen molar-refractivity contribution in [3.8, 4) is 21.6 Å². The van der Waals surface area contributed by atoms with Gasteiger partial charge >= 0.3 is 11.9 Å². The number of rotatable bonds is 3. The molecule has 6 heteroatoms. The van der Waals surface area contributed by atoms with Crippen LogP contribution in [0.25, 0.3) is 9.75 Å². The SMILES string of the molecule is CC(C)(C)c1ccc(-c2ccc(C(=O)O)s2)s1.Cc1cc(C#CC(C)(C)C)cc(C(=O)O)c1. The van der Waals surface area contributed by atoms with Crippen LogP contribution in [0.1, 0.15) is 77.6 Å². The predicted octanol–water partition coefficient (Wildman–Crippen LogP) is 7.56. The maximum Gasteiger partial charge on any atom is 0.345 e. The van der Waals surface area contributed by atoms with E-state index in [1.54, 1.807) is 29.5 Å². The molecule has 0 atom stereocenters. The molecule has 0 spiro atoms. The number of carbonyl (C=O) groups is 2. The van der Waals surface area contributed by atoms with Crippen LogP contribution in [-0.2, 0) is 5.41 Å². The molecule has 4 nitrogen and oxygen atoms in total. The second-order valence-corrected chi connectivity index (χ2v) is 11.9. The molecule has 174 valence electrons. The fourth-order valence-corrected chi connectivity index (χ4v) is 4.70. The first-order valence-electron chi connectivity index (χ1n) is 10.5. The van der Waals surface area contributed by atoms with Crippen LogP contribution in [0.2, 0.25) is 0 Å². The van der Waals surface area contributed by atoms with E-state index in [9.17, 15) is 9.59 Å². The summed E-state index contributed by atoms with van der Waals surface area (Å²) in [5, 5.41) is 17.8. The Morgan fingerprint density at radius 1 is 0.818 bits per heavy atom. The van der Waals surface area contributed by atoms with Gasteiger partial charge in [0.15, 0.2) is 0 Å². The molecule has 0 radical (unpaired) electrons. The van der Waals surface area contributed by atoms with E-state index in [-0.39, 0.29) is 10.8 Å². The number of carboxylic acids is 2. The standard InChI is InChI=1S/C14H16O2.C13H14O2S2/c1-10-7-11(5-6-14(2,3)4)9-12(8-10)13(15)16;1-13(2,3)11-7-6-9(17-11)8-4-5-10(16-8)12(14)15/h7-9H,1-4H3,(H,15,16);4-7H,1-3H3,(H,14,15). The number of hydrogen-bond donors (Lipinski definition) is 2. The van der Waals surface area contributed by atoms with Crippen LogP contribution in [-0.4, -0.2) is 22.2 Å². The molecule has 3 aromatic rings. The average molecular weight is 483 g/mol. The third-order valence-corrected chi connectivity index (χ3v) is 7.09. The van der Waals surface area contributed by atoms with Crippen LogP contribution in [0.4, 0.5) is 0 Å². The van der Waals surface area contributed by atoms with Gasteiger partial charge in [-0.1, -0.05) is 32.6 Å². The van der Waals surface area contributed by atoms with Crippen LogP contribution < -0.4 is 0 Å². The monoisotopic (exact) mass is 482 g/mol. The number of thiophene rings is 2. The Balaban J connectivity index is 0.000000234. The van der Waals surface area contributed by atoms with Crippen LogP contribution in [0.5, 0.6) is 0 Å². The molecule has 2 N–H and O–H groups in total. The Bertz CT molecular complexity index is 1210. The Kier molecular flexibility index (Phi) is 8.29. The minimum atomic E-state index is -0.914. The maximum atomic E-state index is 10.9. The summed E-state index contributed by atoms with van der Waals surface area (Å²) in [7, 11) is 0. The van der Waals surface area contributed by atoms with E-state index in [4.69, 9.17) is 10.2 Å². The smallest absolute Gasteiger partial charge is 0.345 e. The van der Waals surface area contributed by atoms with Crippen molar-refractivity contribution in [2.45, 2.75) is 53.9 Å². The first-order valence-corrected chi connectivity index (χ1v) is 12.1. The summed E-state index contributed by atoms with van der Waals surface area (Å²) < 4.78 is 0. The maximum absolute atomic E-state index is 10.9. The summed E-state index contributed by atoms with van der Waals surface area (Å²) in [6, 6.07) is 12.9. The summed E-state index contributed by atoms with van der Waals surface area (Å²) in [6.07, 6.45) is 0. The highest BCUT2D eigenvalue weighted by atomic mass is 32.1. The van der Waals surface area contributed by atoms with Gasteiger partial charge in [0.25, 0.3) is 0 Å². The Hall–Kier alpha value is -2.88. The number of aromatic carboxylic acids is 2. The van der Waals surface area contributed by atoms with Crippen molar-refractivity contribution in [3.05, 3.63) is 68.9 Å². The zero-order valence-corrected chi connectivity index (χ0v) is 21.7. The fourth-order valence-electron chi connectivity index (χ4n) is 2.70. The van der Waals surface area contributed by atoms with Crippen LogP contribution in [0.3, 0.4) is 0 Å². The molecule has 33 heavy (non-hydrogen) atoms. The van der Waals surface area contributed by atoms with Crippen molar-refractivity contribution in [3.63, 3.8) is 0 Å². The predicted molar refractivity (Wildman–Crippen MR) is 138 cm³/mol. The van der Waals surface area contributed by atoms with Gasteiger partial charge in [0.1, 0.15) is 4.88 Å². The van der Waals surface area contributed by atoms with E-state index in [0.29, 0.717) is 10.4 Å². The second kappa shape index (κ2) is 10.4. The van der Waals surface area contributed by atoms with Crippen molar-refractivity contribution in [2.75, 3.05) is 0 Å². The van der Waals surface area contributed by atoms with Gasteiger partial charge in [0.05, 0.1) is 5.56 Å². The van der Waals surface area contributed by atoms with E-state index >= 15 is 0 Å². The minimum absolute atomic E-state index is 0.0763. The molecule has 2 aromatic heterocycles. The summed E-state index contributed by atoms with van der Waals surface area (Å²) in [6.45, 7) is 14.5. The first-order chi connectivity index (χ1) is 15.2. The van der Waals surface area contributed by atoms with E-state index in [1.807, 2.05) is 39.8 Å². The van der Waals surface area contributed by atoms with Crippen molar-refractivity contribution < 1.29 is 19.8 Å². The first kappa shape index (κ1) is 26.4. The highest BCUT2D eigenvalue weighted by Gasteiger charge is 2.17. The molecule has 3 rings (SSSR count). The van der Waals surface area contributed by atoms with Gasteiger partial charge in [-0.25, -0.2) is 9.59 Å². The molecule has 0 fully saturated rings. The largest absolute Gasteiger partial charge is 0.478 e. The highest BCUT2D eigenvalue weighted by molar-refractivity contribution is 7.23. The van der Waals surface area contributed by atoms with Gasteiger partial charge < -0.3 is 10.2 Å². The molecule has 0 saturated carbocycles. The molecule has 0 amide bonds. The van der Waals surface area contributed by atoms with Gasteiger partial charge in [-0.3, -0.25) is 0 Å². The van der Waals surface area contributed by atoms with E-state index in [2.05, 4.69) is 44.7 Å². The Morgan fingerprint density at radius 3 is 1.91 bits per heavy atom. The van der Waals surface area contributed by atoms with Crippen LogP contribution in [0, 0.1) is 24.2 Å². The molecule has 0 bridgehead atoms. The molecule has 0 aliphatic rings. The molecular weight excluding hydrogens is 452 g/mol. The minimum Gasteiger partial charge on any atom is -0.478 e. The van der Waals surface area contributed by atoms with Gasteiger partial charge in [0, 0.05) is 25.6 Å². The molecule has 1 aromatic carbocycles. The topological polar surface area (TPSA) is 74.6 Å². The summed E-state index contributed by atoms with van der Waals surface area (Å²) >= 11 is 3.06. The molecule has 0 aliphatic heterocycles. The van der Waals surface area contributed by atoms with Crippen molar-refractivity contribution in [1.82, 2.24) is 0 Å². The number of carboxylic acid groups (broad SMARTS) is 2. The molecule has 0 saturated heterocycles. The summed E-state index contributed by atoms with van der Waals surface area (Å²) in [4.78, 5) is 25.6. The van der Waals surface area contributed by atoms with Gasteiger partial charge in [-0.2, -0.15) is 0 Å². The van der Waals surface area contributed by atoms with Crippen LogP contribution >= 0.6 is 22.7 Å². The molecule has 0 aliphatic carbocycles. The average Bonchev–Trinajstić information content (AvgIpc) is 3.35. The Morgan fingerprint density at radius 2 is 1.42 bits per heavy atom. The molecular formula is C27H30O4S2. The lowest BCUT2D eigenvalue weighted by molar-refractivity contribution is 0.0688.